The highest BCUT2D eigenvalue weighted by Gasteiger charge is 2.18. The van der Waals surface area contributed by atoms with E-state index < -0.39 is 0 Å². The van der Waals surface area contributed by atoms with Crippen LogP contribution >= 0.6 is 0 Å². The lowest BCUT2D eigenvalue weighted by Gasteiger charge is -2.25. The van der Waals surface area contributed by atoms with Crippen molar-refractivity contribution in [1.82, 2.24) is 10.3 Å². The van der Waals surface area contributed by atoms with Crippen molar-refractivity contribution < 1.29 is 5.11 Å². The zero-order valence-electron chi connectivity index (χ0n) is 11.8. The summed E-state index contributed by atoms with van der Waals surface area (Å²) in [5, 5.41) is 14.3. The average molecular weight is 270 g/mol. The summed E-state index contributed by atoms with van der Waals surface area (Å²) in [6.07, 6.45) is 6.04. The number of hydrogen-bond donors (Lipinski definition) is 2. The predicted octanol–water partition coefficient (Wildman–Crippen LogP) is 2.88. The van der Waals surface area contributed by atoms with Gasteiger partial charge in [0.25, 0.3) is 0 Å². The number of aliphatic hydroxyl groups is 1. The minimum atomic E-state index is -0.0598. The van der Waals surface area contributed by atoms with Crippen LogP contribution in [0.4, 0.5) is 0 Å². The standard InChI is InChI=1S/C17H22N2O/c20-15-7-5-13(6-8-15)11-18-12-14-9-10-19-17-4-2-1-3-16(14)17/h1-4,9-10,13,15,18,20H,5-8,11-12H2. The van der Waals surface area contributed by atoms with Crippen molar-refractivity contribution >= 4 is 10.9 Å². The summed E-state index contributed by atoms with van der Waals surface area (Å²) >= 11 is 0. The number of aliphatic hydroxyl groups excluding tert-OH is 1. The molecule has 3 heteroatoms. The van der Waals surface area contributed by atoms with Crippen molar-refractivity contribution in [3.05, 3.63) is 42.1 Å². The predicted molar refractivity (Wildman–Crippen MR) is 81.4 cm³/mol. The molecule has 0 spiro atoms. The number of benzene rings is 1. The molecule has 106 valence electrons. The van der Waals surface area contributed by atoms with Gasteiger partial charge in [-0.1, -0.05) is 18.2 Å². The first-order chi connectivity index (χ1) is 9.83. The van der Waals surface area contributed by atoms with E-state index in [9.17, 15) is 5.11 Å². The molecular weight excluding hydrogens is 248 g/mol. The molecule has 3 rings (SSSR count). The molecule has 20 heavy (non-hydrogen) atoms. The normalized spacial score (nSPS) is 23.1. The van der Waals surface area contributed by atoms with E-state index in [2.05, 4.69) is 34.6 Å². The van der Waals surface area contributed by atoms with Gasteiger partial charge in [0.2, 0.25) is 0 Å². The van der Waals surface area contributed by atoms with Crippen LogP contribution in [-0.2, 0) is 6.54 Å². The summed E-state index contributed by atoms with van der Waals surface area (Å²) in [4.78, 5) is 4.39. The molecule has 1 aliphatic carbocycles. The number of pyridine rings is 1. The Bertz CT molecular complexity index is 556. The summed E-state index contributed by atoms with van der Waals surface area (Å²) in [5.41, 5.74) is 2.37. The number of para-hydroxylation sites is 1. The number of hydrogen-bond acceptors (Lipinski definition) is 3. The Balaban J connectivity index is 1.57. The maximum atomic E-state index is 9.52. The lowest BCUT2D eigenvalue weighted by molar-refractivity contribution is 0.108. The largest absolute Gasteiger partial charge is 0.393 e. The fourth-order valence-corrected chi connectivity index (χ4v) is 3.07. The molecule has 0 aliphatic heterocycles. The Labute approximate surface area is 120 Å². The SMILES string of the molecule is OC1CCC(CNCc2ccnc3ccccc23)CC1. The van der Waals surface area contributed by atoms with Crippen LogP contribution in [0, 0.1) is 5.92 Å². The first kappa shape index (κ1) is 13.5. The topological polar surface area (TPSA) is 45.1 Å². The van der Waals surface area contributed by atoms with Gasteiger partial charge in [-0.2, -0.15) is 0 Å². The van der Waals surface area contributed by atoms with Gasteiger partial charge < -0.3 is 10.4 Å². The van der Waals surface area contributed by atoms with Crippen molar-refractivity contribution in [3.8, 4) is 0 Å². The van der Waals surface area contributed by atoms with Crippen LogP contribution in [0.3, 0.4) is 0 Å². The first-order valence-corrected chi connectivity index (χ1v) is 7.54. The van der Waals surface area contributed by atoms with E-state index in [0.717, 1.165) is 44.3 Å². The van der Waals surface area contributed by atoms with Gasteiger partial charge in [0, 0.05) is 18.1 Å². The molecule has 1 fully saturated rings. The summed E-state index contributed by atoms with van der Waals surface area (Å²) in [6, 6.07) is 10.4. The summed E-state index contributed by atoms with van der Waals surface area (Å²) < 4.78 is 0. The van der Waals surface area contributed by atoms with E-state index in [1.807, 2.05) is 12.3 Å². The number of fused-ring (bicyclic) bond motifs is 1. The Morgan fingerprint density at radius 1 is 1.10 bits per heavy atom. The van der Waals surface area contributed by atoms with Crippen LogP contribution < -0.4 is 5.32 Å². The average Bonchev–Trinajstić information content (AvgIpc) is 2.49. The fraction of sp³-hybridized carbons (Fsp3) is 0.471. The highest BCUT2D eigenvalue weighted by atomic mass is 16.3. The van der Waals surface area contributed by atoms with Gasteiger partial charge in [-0.15, -0.1) is 0 Å². The van der Waals surface area contributed by atoms with E-state index in [1.165, 1.54) is 10.9 Å². The third-order valence-corrected chi connectivity index (χ3v) is 4.30. The van der Waals surface area contributed by atoms with Gasteiger partial charge in [0.05, 0.1) is 11.6 Å². The lowest BCUT2D eigenvalue weighted by Crippen LogP contribution is -2.27. The molecule has 0 saturated heterocycles. The van der Waals surface area contributed by atoms with E-state index >= 15 is 0 Å². The Kier molecular flexibility index (Phi) is 4.28. The molecule has 1 heterocycles. The third kappa shape index (κ3) is 3.17. The van der Waals surface area contributed by atoms with E-state index in [1.54, 1.807) is 0 Å². The third-order valence-electron chi connectivity index (χ3n) is 4.30. The van der Waals surface area contributed by atoms with Crippen LogP contribution in [0.1, 0.15) is 31.2 Å². The van der Waals surface area contributed by atoms with E-state index in [4.69, 9.17) is 0 Å². The molecule has 1 aliphatic rings. The molecule has 2 aromatic rings. The maximum Gasteiger partial charge on any atom is 0.0705 e. The lowest BCUT2D eigenvalue weighted by atomic mass is 9.87. The van der Waals surface area contributed by atoms with Crippen LogP contribution in [0.5, 0.6) is 0 Å². The highest BCUT2D eigenvalue weighted by Crippen LogP contribution is 2.23. The molecule has 0 unspecified atom stereocenters. The number of nitrogens with one attached hydrogen (secondary N) is 1. The van der Waals surface area contributed by atoms with Gasteiger partial charge in [0.1, 0.15) is 0 Å². The fourth-order valence-electron chi connectivity index (χ4n) is 3.07. The summed E-state index contributed by atoms with van der Waals surface area (Å²) in [5.74, 6) is 0.714. The van der Waals surface area contributed by atoms with Gasteiger partial charge >= 0.3 is 0 Å². The smallest absolute Gasteiger partial charge is 0.0705 e. The second-order valence-electron chi connectivity index (χ2n) is 5.79. The highest BCUT2D eigenvalue weighted by molar-refractivity contribution is 5.81. The molecule has 1 aromatic carbocycles. The molecular formula is C17H22N2O. The Morgan fingerprint density at radius 3 is 2.75 bits per heavy atom. The van der Waals surface area contributed by atoms with Gasteiger partial charge in [0.15, 0.2) is 0 Å². The molecule has 1 saturated carbocycles. The van der Waals surface area contributed by atoms with Crippen LogP contribution in [0.25, 0.3) is 10.9 Å². The van der Waals surface area contributed by atoms with Crippen LogP contribution in [0.2, 0.25) is 0 Å². The molecule has 3 nitrogen and oxygen atoms in total. The minimum Gasteiger partial charge on any atom is -0.393 e. The quantitative estimate of drug-likeness (QED) is 0.898. The van der Waals surface area contributed by atoms with Crippen LogP contribution in [-0.4, -0.2) is 22.7 Å². The van der Waals surface area contributed by atoms with E-state index in [-0.39, 0.29) is 6.10 Å². The number of aromatic nitrogens is 1. The van der Waals surface area contributed by atoms with Gasteiger partial charge in [-0.25, -0.2) is 0 Å². The van der Waals surface area contributed by atoms with Gasteiger partial charge in [-0.05, 0) is 55.8 Å². The zero-order chi connectivity index (χ0) is 13.8. The Hall–Kier alpha value is -1.45. The summed E-state index contributed by atoms with van der Waals surface area (Å²) in [7, 11) is 0. The van der Waals surface area contributed by atoms with Crippen LogP contribution in [0.15, 0.2) is 36.5 Å². The summed E-state index contributed by atoms with van der Waals surface area (Å²) in [6.45, 7) is 1.94. The minimum absolute atomic E-state index is 0.0598. The molecule has 2 N–H and O–H groups in total. The van der Waals surface area contributed by atoms with Crippen molar-refractivity contribution in [3.63, 3.8) is 0 Å². The maximum absolute atomic E-state index is 9.52. The molecule has 0 amide bonds. The van der Waals surface area contributed by atoms with Crippen molar-refractivity contribution in [2.75, 3.05) is 6.54 Å². The molecule has 1 aromatic heterocycles. The molecule has 0 bridgehead atoms. The number of rotatable bonds is 4. The Morgan fingerprint density at radius 2 is 1.90 bits per heavy atom. The zero-order valence-corrected chi connectivity index (χ0v) is 11.8. The van der Waals surface area contributed by atoms with E-state index in [0.29, 0.717) is 5.92 Å². The second kappa shape index (κ2) is 6.33. The van der Waals surface area contributed by atoms with Gasteiger partial charge in [-0.3, -0.25) is 4.98 Å². The number of nitrogens with zero attached hydrogens (tertiary/aromatic N) is 1. The van der Waals surface area contributed by atoms with Crippen molar-refractivity contribution in [2.45, 2.75) is 38.3 Å². The molecule has 0 radical (unpaired) electrons. The van der Waals surface area contributed by atoms with Crippen molar-refractivity contribution in [2.24, 2.45) is 5.92 Å². The second-order valence-corrected chi connectivity index (χ2v) is 5.79. The first-order valence-electron chi connectivity index (χ1n) is 7.54. The monoisotopic (exact) mass is 270 g/mol. The van der Waals surface area contributed by atoms with Crippen molar-refractivity contribution in [1.29, 1.82) is 0 Å². The molecule has 0 atom stereocenters.